The number of thiocarbonyl (C=S) groups is 1. The maximum Gasteiger partial charge on any atom is 0.276 e. The summed E-state index contributed by atoms with van der Waals surface area (Å²) >= 11 is 11.8. The molecule has 2 aromatic rings. The number of amides is 1. The van der Waals surface area contributed by atoms with Crippen molar-refractivity contribution in [3.8, 4) is 11.5 Å². The van der Waals surface area contributed by atoms with Gasteiger partial charge in [0, 0.05) is 19.2 Å². The van der Waals surface area contributed by atoms with Gasteiger partial charge >= 0.3 is 0 Å². The lowest BCUT2D eigenvalue weighted by Crippen LogP contribution is -2.30. The van der Waals surface area contributed by atoms with E-state index in [1.165, 1.54) is 11.0 Å². The molecule has 3 rings (SSSR count). The highest BCUT2D eigenvalue weighted by atomic mass is 35.5. The molecule has 0 radical (unpaired) electrons. The topological polar surface area (TPSA) is 42.0 Å². The number of halogens is 2. The second-order valence-electron chi connectivity index (χ2n) is 6.56. The summed E-state index contributed by atoms with van der Waals surface area (Å²) < 4.78 is 25.4. The van der Waals surface area contributed by atoms with E-state index in [2.05, 4.69) is 0 Å². The van der Waals surface area contributed by atoms with E-state index in [1.54, 1.807) is 48.4 Å². The third kappa shape index (κ3) is 4.42. The van der Waals surface area contributed by atoms with Gasteiger partial charge in [-0.05, 0) is 55.9 Å². The molecule has 1 aliphatic heterocycles. The van der Waals surface area contributed by atoms with Crippen molar-refractivity contribution in [3.05, 3.63) is 64.1 Å². The summed E-state index contributed by atoms with van der Waals surface area (Å²) in [5.74, 6) is 0.211. The van der Waals surface area contributed by atoms with Gasteiger partial charge < -0.3 is 14.4 Å². The van der Waals surface area contributed by atoms with E-state index in [4.69, 9.17) is 33.3 Å². The maximum absolute atomic E-state index is 13.9. The van der Waals surface area contributed by atoms with Crippen LogP contribution in [0.25, 0.3) is 6.08 Å². The lowest BCUT2D eigenvalue weighted by atomic mass is 10.1. The molecule has 5 nitrogen and oxygen atoms in total. The Hall–Kier alpha value is -2.64. The van der Waals surface area contributed by atoms with E-state index < -0.39 is 0 Å². The monoisotopic (exact) mass is 448 g/mol. The number of carbonyl (C=O) groups excluding carboxylic acids is 1. The van der Waals surface area contributed by atoms with Crippen LogP contribution in [0.15, 0.2) is 42.1 Å². The van der Waals surface area contributed by atoms with Crippen LogP contribution in [-0.2, 0) is 11.4 Å². The van der Waals surface area contributed by atoms with Crippen molar-refractivity contribution in [2.24, 2.45) is 0 Å². The molecule has 0 saturated carbocycles. The molecule has 0 unspecified atom stereocenters. The molecule has 1 aliphatic rings. The minimum Gasteiger partial charge on any atom is -0.490 e. The van der Waals surface area contributed by atoms with Crippen molar-refractivity contribution >= 4 is 40.9 Å². The molecule has 2 aromatic carbocycles. The molecular formula is C22H22ClFN2O3S. The number of hydrogen-bond acceptors (Lipinski definition) is 4. The number of benzene rings is 2. The van der Waals surface area contributed by atoms with Crippen LogP contribution in [-0.4, -0.2) is 41.0 Å². The molecule has 1 amide bonds. The summed E-state index contributed by atoms with van der Waals surface area (Å²) in [6.45, 7) is 4.60. The molecule has 158 valence electrons. The summed E-state index contributed by atoms with van der Waals surface area (Å²) in [6.07, 6.45) is 1.71. The summed E-state index contributed by atoms with van der Waals surface area (Å²) in [5, 5.41) is 0.752. The Labute approximate surface area is 185 Å². The Morgan fingerprint density at radius 3 is 2.57 bits per heavy atom. The Balaban J connectivity index is 1.92. The summed E-state index contributed by atoms with van der Waals surface area (Å²) in [5.41, 5.74) is 1.52. The first kappa shape index (κ1) is 22.1. The number of nitrogens with zero attached hydrogens (tertiary/aromatic N) is 2. The number of hydrogen-bond donors (Lipinski definition) is 0. The number of ether oxygens (including phenoxy) is 2. The van der Waals surface area contributed by atoms with E-state index in [1.807, 2.05) is 13.8 Å². The molecule has 30 heavy (non-hydrogen) atoms. The predicted molar refractivity (Wildman–Crippen MR) is 119 cm³/mol. The van der Waals surface area contributed by atoms with Crippen molar-refractivity contribution in [1.29, 1.82) is 0 Å². The molecule has 0 aliphatic carbocycles. The summed E-state index contributed by atoms with van der Waals surface area (Å²) in [4.78, 5) is 15.8. The highest BCUT2D eigenvalue weighted by Crippen LogP contribution is 2.38. The SMILES string of the molecule is CCOc1cc(/C=C2/C(=O)N(CC)C(=S)N2C)cc(Cl)c1OCc1ccccc1F. The van der Waals surface area contributed by atoms with Crippen LogP contribution < -0.4 is 9.47 Å². The van der Waals surface area contributed by atoms with E-state index in [0.717, 1.165) is 0 Å². The van der Waals surface area contributed by atoms with Crippen LogP contribution in [0.4, 0.5) is 4.39 Å². The Morgan fingerprint density at radius 1 is 1.20 bits per heavy atom. The fraction of sp³-hybridized carbons (Fsp3) is 0.273. The number of carbonyl (C=O) groups is 1. The van der Waals surface area contributed by atoms with Gasteiger partial charge in [0.15, 0.2) is 16.6 Å². The highest BCUT2D eigenvalue weighted by molar-refractivity contribution is 7.80. The second-order valence-corrected chi connectivity index (χ2v) is 7.34. The van der Waals surface area contributed by atoms with Gasteiger partial charge in [-0.3, -0.25) is 9.69 Å². The molecule has 0 spiro atoms. The van der Waals surface area contributed by atoms with E-state index in [-0.39, 0.29) is 18.3 Å². The third-order valence-corrected chi connectivity index (χ3v) is 5.40. The quantitative estimate of drug-likeness (QED) is 0.446. The average molecular weight is 449 g/mol. The van der Waals surface area contributed by atoms with Crippen molar-refractivity contribution in [2.75, 3.05) is 20.2 Å². The predicted octanol–water partition coefficient (Wildman–Crippen LogP) is 4.88. The fourth-order valence-electron chi connectivity index (χ4n) is 3.09. The van der Waals surface area contributed by atoms with Gasteiger partial charge in [0.25, 0.3) is 5.91 Å². The molecule has 1 saturated heterocycles. The van der Waals surface area contributed by atoms with Gasteiger partial charge in [0.2, 0.25) is 0 Å². The molecule has 1 heterocycles. The van der Waals surface area contributed by atoms with E-state index in [9.17, 15) is 9.18 Å². The van der Waals surface area contributed by atoms with Crippen molar-refractivity contribution in [2.45, 2.75) is 20.5 Å². The molecular weight excluding hydrogens is 427 g/mol. The first-order valence-electron chi connectivity index (χ1n) is 9.51. The van der Waals surface area contributed by atoms with Gasteiger partial charge in [-0.15, -0.1) is 0 Å². The first-order valence-corrected chi connectivity index (χ1v) is 10.3. The largest absolute Gasteiger partial charge is 0.490 e. The number of likely N-dealkylation sites (N-methyl/N-ethyl adjacent to an activating group) is 2. The summed E-state index contributed by atoms with van der Waals surface area (Å²) in [6, 6.07) is 9.78. The van der Waals surface area contributed by atoms with E-state index in [0.29, 0.717) is 51.6 Å². The van der Waals surface area contributed by atoms with Crippen molar-refractivity contribution < 1.29 is 18.7 Å². The zero-order valence-corrected chi connectivity index (χ0v) is 18.5. The van der Waals surface area contributed by atoms with Crippen LogP contribution in [0.1, 0.15) is 25.0 Å². The second kappa shape index (κ2) is 9.45. The molecule has 0 bridgehead atoms. The Kier molecular flexibility index (Phi) is 6.95. The minimum absolute atomic E-state index is 0.00780. The molecule has 0 atom stereocenters. The van der Waals surface area contributed by atoms with Gasteiger partial charge in [-0.1, -0.05) is 29.8 Å². The summed E-state index contributed by atoms with van der Waals surface area (Å²) in [7, 11) is 1.75. The first-order chi connectivity index (χ1) is 14.4. The highest BCUT2D eigenvalue weighted by Gasteiger charge is 2.34. The van der Waals surface area contributed by atoms with Crippen molar-refractivity contribution in [3.63, 3.8) is 0 Å². The van der Waals surface area contributed by atoms with Gasteiger partial charge in [-0.2, -0.15) is 0 Å². The molecule has 0 N–H and O–H groups in total. The van der Waals surface area contributed by atoms with Crippen LogP contribution in [0.5, 0.6) is 11.5 Å². The lowest BCUT2D eigenvalue weighted by Gasteiger charge is -2.15. The van der Waals surface area contributed by atoms with E-state index >= 15 is 0 Å². The standard InChI is InChI=1S/C22H22ClFN2O3S/c1-4-26-21(27)18(25(3)22(26)30)11-14-10-16(23)20(19(12-14)28-5-2)29-13-15-8-6-7-9-17(15)24/h6-12H,4-5,13H2,1-3H3/b18-11-. The van der Waals surface area contributed by atoms with Crippen LogP contribution >= 0.6 is 23.8 Å². The lowest BCUT2D eigenvalue weighted by molar-refractivity contribution is -0.122. The molecule has 8 heteroatoms. The Bertz CT molecular complexity index is 1010. The third-order valence-electron chi connectivity index (χ3n) is 4.62. The van der Waals surface area contributed by atoms with Crippen LogP contribution in [0.2, 0.25) is 5.02 Å². The van der Waals surface area contributed by atoms with Gasteiger partial charge in [-0.25, -0.2) is 4.39 Å². The van der Waals surface area contributed by atoms with Crippen LogP contribution in [0.3, 0.4) is 0 Å². The zero-order chi connectivity index (χ0) is 21.8. The number of rotatable bonds is 7. The van der Waals surface area contributed by atoms with Gasteiger partial charge in [0.05, 0.1) is 11.6 Å². The zero-order valence-electron chi connectivity index (χ0n) is 16.9. The average Bonchev–Trinajstić information content (AvgIpc) is 2.91. The molecule has 1 fully saturated rings. The smallest absolute Gasteiger partial charge is 0.276 e. The Morgan fingerprint density at radius 2 is 1.93 bits per heavy atom. The minimum atomic E-state index is -0.354. The maximum atomic E-state index is 13.9. The normalized spacial score (nSPS) is 15.3. The fourth-order valence-corrected chi connectivity index (χ4v) is 3.67. The van der Waals surface area contributed by atoms with Crippen molar-refractivity contribution in [1.82, 2.24) is 9.80 Å². The molecule has 0 aromatic heterocycles. The van der Waals surface area contributed by atoms with Crippen LogP contribution in [0, 0.1) is 5.82 Å². The van der Waals surface area contributed by atoms with Gasteiger partial charge in [0.1, 0.15) is 18.1 Å².